The Morgan fingerprint density at radius 1 is 0.815 bits per heavy atom. The summed E-state index contributed by atoms with van der Waals surface area (Å²) in [6.07, 6.45) is 4.17. The molecule has 0 saturated heterocycles. The van der Waals surface area contributed by atoms with Crippen molar-refractivity contribution < 1.29 is 23.8 Å². The van der Waals surface area contributed by atoms with E-state index in [1.807, 2.05) is 20.9 Å². The third-order valence-electron chi connectivity index (χ3n) is 4.24. The van der Waals surface area contributed by atoms with Crippen molar-refractivity contribution in [1.29, 1.82) is 0 Å². The van der Waals surface area contributed by atoms with Gasteiger partial charge < -0.3 is 24.8 Å². The number of hydrogen-bond donors (Lipinski definition) is 2. The highest BCUT2D eigenvalue weighted by molar-refractivity contribution is 5.81. The average molecular weight is 389 g/mol. The van der Waals surface area contributed by atoms with Gasteiger partial charge in [-0.15, -0.1) is 0 Å². The van der Waals surface area contributed by atoms with Crippen molar-refractivity contribution in [1.82, 2.24) is 10.6 Å². The Labute approximate surface area is 164 Å². The van der Waals surface area contributed by atoms with Crippen LogP contribution in [0.1, 0.15) is 52.4 Å². The van der Waals surface area contributed by atoms with Gasteiger partial charge in [-0.1, -0.05) is 13.8 Å². The molecule has 0 aromatic carbocycles. The van der Waals surface area contributed by atoms with E-state index >= 15 is 0 Å². The summed E-state index contributed by atoms with van der Waals surface area (Å²) in [5.74, 6) is 0.358. The number of rotatable bonds is 20. The summed E-state index contributed by atoms with van der Waals surface area (Å²) >= 11 is 0. The lowest BCUT2D eigenvalue weighted by Gasteiger charge is -2.08. The Morgan fingerprint density at radius 3 is 1.93 bits per heavy atom. The molecule has 0 fully saturated rings. The summed E-state index contributed by atoms with van der Waals surface area (Å²) in [6, 6.07) is 0. The van der Waals surface area contributed by atoms with Crippen LogP contribution in [0.4, 0.5) is 0 Å². The van der Waals surface area contributed by atoms with E-state index in [1.54, 1.807) is 0 Å². The zero-order valence-corrected chi connectivity index (χ0v) is 17.5. The van der Waals surface area contributed by atoms with E-state index in [2.05, 4.69) is 10.6 Å². The first kappa shape index (κ1) is 26.0. The maximum atomic E-state index is 11.7. The number of nitrogens with one attached hydrogen (secondary N) is 2. The largest absolute Gasteiger partial charge is 0.379 e. The number of hydrogen-bond acceptors (Lipinski definition) is 6. The maximum absolute atomic E-state index is 11.7. The van der Waals surface area contributed by atoms with Crippen LogP contribution in [0.5, 0.6) is 0 Å². The van der Waals surface area contributed by atoms with Gasteiger partial charge in [0.05, 0.1) is 26.4 Å². The molecular formula is C20H40N2O5. The molecule has 0 heterocycles. The van der Waals surface area contributed by atoms with Crippen LogP contribution in [0.25, 0.3) is 0 Å². The first-order chi connectivity index (χ1) is 13.1. The van der Waals surface area contributed by atoms with Crippen LogP contribution in [0, 0.1) is 5.92 Å². The lowest BCUT2D eigenvalue weighted by molar-refractivity contribution is -0.123. The highest BCUT2D eigenvalue weighted by Gasteiger charge is 2.10. The quantitative estimate of drug-likeness (QED) is 0.310. The molecule has 0 aromatic heterocycles. The number of carbonyl (C=O) groups is 2. The lowest BCUT2D eigenvalue weighted by atomic mass is 9.99. The molecule has 7 nitrogen and oxygen atoms in total. The van der Waals surface area contributed by atoms with Crippen molar-refractivity contribution in [2.45, 2.75) is 52.4 Å². The first-order valence-electron chi connectivity index (χ1n) is 10.3. The standard InChI is InChI=1S/C20H40N2O5/c1-4-18(2)19(23)8-5-9-20(24)22-11-7-13-26-15-17-27-16-14-25-12-6-10-21-3/h18,21H,4-17H2,1-3H3,(H,22,24). The van der Waals surface area contributed by atoms with Gasteiger partial charge in [-0.2, -0.15) is 0 Å². The zero-order chi connectivity index (χ0) is 20.2. The van der Waals surface area contributed by atoms with Gasteiger partial charge in [-0.3, -0.25) is 9.59 Å². The lowest BCUT2D eigenvalue weighted by Crippen LogP contribution is -2.25. The molecule has 0 saturated carbocycles. The second-order valence-corrected chi connectivity index (χ2v) is 6.63. The van der Waals surface area contributed by atoms with E-state index in [4.69, 9.17) is 14.2 Å². The molecule has 0 aliphatic rings. The van der Waals surface area contributed by atoms with E-state index in [9.17, 15) is 9.59 Å². The summed E-state index contributed by atoms with van der Waals surface area (Å²) in [7, 11) is 1.93. The van der Waals surface area contributed by atoms with Gasteiger partial charge in [0, 0.05) is 38.5 Å². The molecule has 7 heteroatoms. The molecule has 160 valence electrons. The fraction of sp³-hybridized carbons (Fsp3) is 0.900. The van der Waals surface area contributed by atoms with Crippen LogP contribution in [0.15, 0.2) is 0 Å². The monoisotopic (exact) mass is 388 g/mol. The number of carbonyl (C=O) groups excluding carboxylic acids is 2. The second kappa shape index (κ2) is 19.7. The van der Waals surface area contributed by atoms with E-state index in [1.165, 1.54) is 0 Å². The van der Waals surface area contributed by atoms with E-state index < -0.39 is 0 Å². The van der Waals surface area contributed by atoms with Gasteiger partial charge >= 0.3 is 0 Å². The summed E-state index contributed by atoms with van der Waals surface area (Å²) < 4.78 is 16.3. The number of ketones is 1. The molecule has 1 atom stereocenters. The van der Waals surface area contributed by atoms with Crippen LogP contribution >= 0.6 is 0 Å². The highest BCUT2D eigenvalue weighted by Crippen LogP contribution is 2.08. The van der Waals surface area contributed by atoms with Gasteiger partial charge in [0.2, 0.25) is 5.91 Å². The molecule has 0 aromatic rings. The average Bonchev–Trinajstić information content (AvgIpc) is 2.67. The number of amides is 1. The zero-order valence-electron chi connectivity index (χ0n) is 17.5. The van der Waals surface area contributed by atoms with Crippen molar-refractivity contribution in [3.05, 3.63) is 0 Å². The first-order valence-corrected chi connectivity index (χ1v) is 10.3. The maximum Gasteiger partial charge on any atom is 0.220 e. The van der Waals surface area contributed by atoms with Crippen LogP contribution < -0.4 is 10.6 Å². The Kier molecular flexibility index (Phi) is 19.0. The molecule has 1 amide bonds. The molecule has 0 radical (unpaired) electrons. The molecule has 2 N–H and O–H groups in total. The van der Waals surface area contributed by atoms with E-state index in [0.29, 0.717) is 58.8 Å². The smallest absolute Gasteiger partial charge is 0.220 e. The van der Waals surface area contributed by atoms with Crippen LogP contribution in [0.2, 0.25) is 0 Å². The Hall–Kier alpha value is -1.02. The Balaban J connectivity index is 3.25. The van der Waals surface area contributed by atoms with Crippen molar-refractivity contribution in [2.24, 2.45) is 5.92 Å². The normalized spacial score (nSPS) is 12.1. The SMILES string of the molecule is CCC(C)C(=O)CCCC(=O)NCCCOCCOCCOCCCNC. The molecule has 0 spiro atoms. The minimum absolute atomic E-state index is 0.00463. The van der Waals surface area contributed by atoms with Gasteiger partial charge in [-0.05, 0) is 39.3 Å². The fourth-order valence-corrected chi connectivity index (χ4v) is 2.28. The van der Waals surface area contributed by atoms with Gasteiger partial charge in [0.15, 0.2) is 0 Å². The highest BCUT2D eigenvalue weighted by atomic mass is 16.5. The summed E-state index contributed by atoms with van der Waals surface area (Å²) in [6.45, 7) is 9.14. The number of Topliss-reactive ketones (excluding diaryl/α,β-unsaturated/α-hetero) is 1. The molecule has 27 heavy (non-hydrogen) atoms. The van der Waals surface area contributed by atoms with Crippen molar-refractivity contribution in [2.75, 3.05) is 59.8 Å². The summed E-state index contributed by atoms with van der Waals surface area (Å²) in [5, 5.41) is 5.93. The third-order valence-corrected chi connectivity index (χ3v) is 4.24. The van der Waals surface area contributed by atoms with Crippen LogP contribution in [-0.4, -0.2) is 71.5 Å². The predicted molar refractivity (Wildman–Crippen MR) is 107 cm³/mol. The van der Waals surface area contributed by atoms with Crippen molar-refractivity contribution >= 4 is 11.7 Å². The molecule has 0 aliphatic carbocycles. The molecule has 0 rings (SSSR count). The Bertz CT molecular complexity index is 366. The second-order valence-electron chi connectivity index (χ2n) is 6.63. The van der Waals surface area contributed by atoms with Crippen LogP contribution in [0.3, 0.4) is 0 Å². The topological polar surface area (TPSA) is 85.9 Å². The molecule has 1 unspecified atom stereocenters. The number of ether oxygens (including phenoxy) is 3. The van der Waals surface area contributed by atoms with Gasteiger partial charge in [0.25, 0.3) is 0 Å². The predicted octanol–water partition coefficient (Wildman–Crippen LogP) is 1.94. The summed E-state index contributed by atoms with van der Waals surface area (Å²) in [4.78, 5) is 23.4. The van der Waals surface area contributed by atoms with E-state index in [0.717, 1.165) is 32.4 Å². The molecule has 0 bridgehead atoms. The molecule has 0 aliphatic heterocycles. The molecular weight excluding hydrogens is 348 g/mol. The van der Waals surface area contributed by atoms with Crippen LogP contribution in [-0.2, 0) is 23.8 Å². The van der Waals surface area contributed by atoms with Gasteiger partial charge in [-0.25, -0.2) is 0 Å². The summed E-state index contributed by atoms with van der Waals surface area (Å²) in [5.41, 5.74) is 0. The van der Waals surface area contributed by atoms with Gasteiger partial charge in [0.1, 0.15) is 5.78 Å². The van der Waals surface area contributed by atoms with Crippen molar-refractivity contribution in [3.63, 3.8) is 0 Å². The van der Waals surface area contributed by atoms with Crippen molar-refractivity contribution in [3.8, 4) is 0 Å². The fourth-order valence-electron chi connectivity index (χ4n) is 2.28. The third kappa shape index (κ3) is 18.1. The minimum Gasteiger partial charge on any atom is -0.379 e. The Morgan fingerprint density at radius 2 is 1.37 bits per heavy atom. The van der Waals surface area contributed by atoms with E-state index in [-0.39, 0.29) is 17.6 Å². The minimum atomic E-state index is 0.00463.